The average Bonchev–Trinajstić information content (AvgIpc) is 3.23. The van der Waals surface area contributed by atoms with Crippen LogP contribution in [-0.2, 0) is 16.1 Å². The van der Waals surface area contributed by atoms with Crippen molar-refractivity contribution in [1.29, 1.82) is 0 Å². The Morgan fingerprint density at radius 3 is 3.00 bits per heavy atom. The minimum atomic E-state index is -0.508. The van der Waals surface area contributed by atoms with Crippen molar-refractivity contribution >= 4 is 35.0 Å². The van der Waals surface area contributed by atoms with E-state index in [4.69, 9.17) is 20.9 Å². The zero-order valence-corrected chi connectivity index (χ0v) is 13.4. The fourth-order valence-electron chi connectivity index (χ4n) is 1.77. The molecule has 0 saturated carbocycles. The highest BCUT2D eigenvalue weighted by Gasteiger charge is 2.10. The molecule has 0 atom stereocenters. The van der Waals surface area contributed by atoms with E-state index < -0.39 is 5.97 Å². The maximum Gasteiger partial charge on any atom is 0.331 e. The maximum absolute atomic E-state index is 11.7. The van der Waals surface area contributed by atoms with Crippen LogP contribution in [0.25, 0.3) is 17.5 Å². The van der Waals surface area contributed by atoms with Crippen molar-refractivity contribution in [2.75, 3.05) is 0 Å². The fraction of sp³-hybridized carbons (Fsp3) is 0.0625. The van der Waals surface area contributed by atoms with Gasteiger partial charge >= 0.3 is 5.97 Å². The Kier molecular flexibility index (Phi) is 4.85. The number of nitrogens with zero attached hydrogens (tertiary/aromatic N) is 2. The second-order valence-electron chi connectivity index (χ2n) is 4.49. The number of thiophene rings is 1. The lowest BCUT2D eigenvalue weighted by molar-refractivity contribution is -0.139. The van der Waals surface area contributed by atoms with Gasteiger partial charge in [0.05, 0.1) is 5.56 Å². The van der Waals surface area contributed by atoms with Gasteiger partial charge in [-0.1, -0.05) is 35.0 Å². The molecule has 5 nitrogen and oxygen atoms in total. The van der Waals surface area contributed by atoms with E-state index in [-0.39, 0.29) is 6.61 Å². The summed E-state index contributed by atoms with van der Waals surface area (Å²) in [4.78, 5) is 15.9. The zero-order chi connectivity index (χ0) is 16.1. The number of carbonyl (C=O) groups is 1. The topological polar surface area (TPSA) is 65.2 Å². The van der Waals surface area contributed by atoms with Crippen LogP contribution in [0.2, 0.25) is 5.02 Å². The first kappa shape index (κ1) is 15.5. The normalized spacial score (nSPS) is 11.0. The molecule has 3 rings (SSSR count). The summed E-state index contributed by atoms with van der Waals surface area (Å²) in [6.45, 7) is -0.0562. The molecular weight excluding hydrogens is 336 g/mol. The van der Waals surface area contributed by atoms with E-state index in [1.165, 1.54) is 17.4 Å². The van der Waals surface area contributed by atoms with Gasteiger partial charge in [0.15, 0.2) is 6.61 Å². The first-order chi connectivity index (χ1) is 11.2. The van der Waals surface area contributed by atoms with Crippen LogP contribution >= 0.6 is 22.9 Å². The van der Waals surface area contributed by atoms with Gasteiger partial charge in [0, 0.05) is 16.5 Å². The second kappa shape index (κ2) is 7.21. The Bertz CT molecular complexity index is 827. The Balaban J connectivity index is 1.56. The minimum absolute atomic E-state index is 0.0562. The number of halogens is 1. The van der Waals surface area contributed by atoms with Crippen LogP contribution in [0, 0.1) is 0 Å². The Morgan fingerprint density at radius 2 is 2.22 bits per heavy atom. The number of ether oxygens (including phenoxy) is 1. The summed E-state index contributed by atoms with van der Waals surface area (Å²) >= 11 is 7.53. The fourth-order valence-corrected chi connectivity index (χ4v) is 2.60. The molecule has 2 aromatic heterocycles. The van der Waals surface area contributed by atoms with Gasteiger partial charge in [-0.3, -0.25) is 0 Å². The number of hydrogen-bond donors (Lipinski definition) is 0. The van der Waals surface area contributed by atoms with Crippen LogP contribution in [0.5, 0.6) is 0 Å². The van der Waals surface area contributed by atoms with Gasteiger partial charge < -0.3 is 9.26 Å². The first-order valence-corrected chi connectivity index (χ1v) is 7.99. The van der Waals surface area contributed by atoms with E-state index in [9.17, 15) is 4.79 Å². The number of benzene rings is 1. The van der Waals surface area contributed by atoms with Gasteiger partial charge in [-0.25, -0.2) is 4.79 Å². The predicted molar refractivity (Wildman–Crippen MR) is 87.9 cm³/mol. The minimum Gasteiger partial charge on any atom is -0.454 e. The van der Waals surface area contributed by atoms with Crippen LogP contribution in [0.15, 0.2) is 51.7 Å². The van der Waals surface area contributed by atoms with Crippen LogP contribution in [0.1, 0.15) is 11.4 Å². The summed E-state index contributed by atoms with van der Waals surface area (Å²) in [5, 5.41) is 8.15. The number of rotatable bonds is 5. The summed E-state index contributed by atoms with van der Waals surface area (Å²) in [5.41, 5.74) is 1.59. The molecule has 0 N–H and O–H groups in total. The molecule has 0 saturated heterocycles. The van der Waals surface area contributed by atoms with Gasteiger partial charge in [0.1, 0.15) is 0 Å². The van der Waals surface area contributed by atoms with Crippen molar-refractivity contribution in [3.8, 4) is 11.5 Å². The molecule has 0 bridgehead atoms. The molecule has 7 heteroatoms. The lowest BCUT2D eigenvalue weighted by Gasteiger charge is -1.98. The van der Waals surface area contributed by atoms with Gasteiger partial charge in [0.2, 0.25) is 5.82 Å². The second-order valence-corrected chi connectivity index (χ2v) is 5.68. The molecule has 1 aromatic carbocycles. The summed E-state index contributed by atoms with van der Waals surface area (Å²) in [7, 11) is 0. The van der Waals surface area contributed by atoms with E-state index >= 15 is 0 Å². The van der Waals surface area contributed by atoms with Crippen molar-refractivity contribution < 1.29 is 14.1 Å². The third kappa shape index (κ3) is 4.06. The molecule has 0 amide bonds. The van der Waals surface area contributed by atoms with E-state index in [1.807, 2.05) is 29.0 Å². The van der Waals surface area contributed by atoms with E-state index in [0.717, 1.165) is 11.1 Å². The summed E-state index contributed by atoms with van der Waals surface area (Å²) in [5.74, 6) is 0.210. The lowest BCUT2D eigenvalue weighted by atomic mass is 10.2. The number of hydrogen-bond acceptors (Lipinski definition) is 6. The molecule has 0 unspecified atom stereocenters. The maximum atomic E-state index is 11.7. The standard InChI is InChI=1S/C16H11ClN2O3S/c17-13-4-2-1-3-11(13)5-6-15(20)21-9-14-18-16(22-19-14)12-7-8-23-10-12/h1-8,10H,9H2/b6-5+. The summed E-state index contributed by atoms with van der Waals surface area (Å²) in [6.07, 6.45) is 2.90. The van der Waals surface area contributed by atoms with Crippen molar-refractivity contribution in [2.45, 2.75) is 6.61 Å². The largest absolute Gasteiger partial charge is 0.454 e. The van der Waals surface area contributed by atoms with Crippen LogP contribution < -0.4 is 0 Å². The molecule has 3 aromatic rings. The smallest absolute Gasteiger partial charge is 0.331 e. The van der Waals surface area contributed by atoms with E-state index in [0.29, 0.717) is 16.7 Å². The predicted octanol–water partition coefficient (Wildman–Crippen LogP) is 4.21. The molecule has 0 spiro atoms. The molecule has 0 fully saturated rings. The van der Waals surface area contributed by atoms with Gasteiger partial charge in [-0.15, -0.1) is 0 Å². The third-order valence-corrected chi connectivity index (χ3v) is 3.91. The van der Waals surface area contributed by atoms with Crippen LogP contribution in [-0.4, -0.2) is 16.1 Å². The number of aromatic nitrogens is 2. The molecule has 2 heterocycles. The van der Waals surface area contributed by atoms with Crippen LogP contribution in [0.3, 0.4) is 0 Å². The highest BCUT2D eigenvalue weighted by atomic mass is 35.5. The summed E-state index contributed by atoms with van der Waals surface area (Å²) < 4.78 is 10.2. The first-order valence-electron chi connectivity index (χ1n) is 6.67. The molecular formula is C16H11ClN2O3S. The highest BCUT2D eigenvalue weighted by Crippen LogP contribution is 2.20. The average molecular weight is 347 g/mol. The number of carbonyl (C=O) groups excluding carboxylic acids is 1. The Morgan fingerprint density at radius 1 is 1.35 bits per heavy atom. The molecule has 0 radical (unpaired) electrons. The van der Waals surface area contributed by atoms with Crippen molar-refractivity contribution in [2.24, 2.45) is 0 Å². The zero-order valence-electron chi connectivity index (χ0n) is 11.8. The summed E-state index contributed by atoms with van der Waals surface area (Å²) in [6, 6.07) is 9.08. The van der Waals surface area contributed by atoms with Crippen molar-refractivity contribution in [3.05, 3.63) is 63.6 Å². The Labute approximate surface area is 141 Å². The third-order valence-electron chi connectivity index (χ3n) is 2.88. The molecule has 0 aliphatic heterocycles. The van der Waals surface area contributed by atoms with E-state index in [2.05, 4.69) is 10.1 Å². The van der Waals surface area contributed by atoms with Gasteiger partial charge in [-0.05, 0) is 29.2 Å². The van der Waals surface area contributed by atoms with Gasteiger partial charge in [0.25, 0.3) is 5.89 Å². The van der Waals surface area contributed by atoms with Crippen molar-refractivity contribution in [1.82, 2.24) is 10.1 Å². The highest BCUT2D eigenvalue weighted by molar-refractivity contribution is 7.08. The number of esters is 1. The monoisotopic (exact) mass is 346 g/mol. The quantitative estimate of drug-likeness (QED) is 0.511. The molecule has 23 heavy (non-hydrogen) atoms. The lowest BCUT2D eigenvalue weighted by Crippen LogP contribution is -2.02. The van der Waals surface area contributed by atoms with Gasteiger partial charge in [-0.2, -0.15) is 16.3 Å². The SMILES string of the molecule is O=C(/C=C/c1ccccc1Cl)OCc1noc(-c2ccsc2)n1. The molecule has 116 valence electrons. The van der Waals surface area contributed by atoms with Crippen LogP contribution in [0.4, 0.5) is 0 Å². The Hall–Kier alpha value is -2.44. The molecule has 0 aliphatic carbocycles. The molecule has 0 aliphatic rings. The van der Waals surface area contributed by atoms with Crippen molar-refractivity contribution in [3.63, 3.8) is 0 Å². The van der Waals surface area contributed by atoms with E-state index in [1.54, 1.807) is 18.2 Å².